The Bertz CT molecular complexity index is 530. The number of nitrogens with zero attached hydrogens (tertiary/aromatic N) is 2. The standard InChI is InChI=1S/C12H15BrN4O/c1-8(2)17-7-9(13)5-11(17)12(18)14-6-10-3-4-15-16-10/h3-5,7-8H,6H2,1-2H3,(H,14,18)(H,15,16). The third-order valence-corrected chi connectivity index (χ3v) is 3.04. The fraction of sp³-hybridized carbons (Fsp3) is 0.333. The largest absolute Gasteiger partial charge is 0.345 e. The second-order valence-corrected chi connectivity index (χ2v) is 5.22. The van der Waals surface area contributed by atoms with Gasteiger partial charge in [0.1, 0.15) is 5.69 Å². The average Bonchev–Trinajstić information content (AvgIpc) is 2.94. The van der Waals surface area contributed by atoms with Crippen molar-refractivity contribution in [1.29, 1.82) is 0 Å². The van der Waals surface area contributed by atoms with Crippen molar-refractivity contribution in [2.24, 2.45) is 0 Å². The monoisotopic (exact) mass is 310 g/mol. The first-order valence-corrected chi connectivity index (χ1v) is 6.51. The second-order valence-electron chi connectivity index (χ2n) is 4.31. The molecule has 1 amide bonds. The van der Waals surface area contributed by atoms with Crippen molar-refractivity contribution in [3.05, 3.63) is 40.4 Å². The number of aromatic amines is 1. The molecule has 2 aromatic heterocycles. The lowest BCUT2D eigenvalue weighted by molar-refractivity contribution is 0.0939. The van der Waals surface area contributed by atoms with E-state index in [4.69, 9.17) is 0 Å². The van der Waals surface area contributed by atoms with Crippen LogP contribution in [-0.4, -0.2) is 20.7 Å². The second kappa shape index (κ2) is 5.39. The van der Waals surface area contributed by atoms with Crippen molar-refractivity contribution in [3.8, 4) is 0 Å². The molecule has 0 aliphatic rings. The molecule has 5 nitrogen and oxygen atoms in total. The molecule has 2 rings (SSSR count). The highest BCUT2D eigenvalue weighted by Crippen LogP contribution is 2.19. The smallest absolute Gasteiger partial charge is 0.268 e. The number of carbonyl (C=O) groups excluding carboxylic acids is 1. The Labute approximate surface area is 114 Å². The van der Waals surface area contributed by atoms with Crippen LogP contribution >= 0.6 is 15.9 Å². The van der Waals surface area contributed by atoms with Crippen LogP contribution < -0.4 is 5.32 Å². The molecule has 0 unspecified atom stereocenters. The van der Waals surface area contributed by atoms with E-state index in [1.807, 2.05) is 36.7 Å². The summed E-state index contributed by atoms with van der Waals surface area (Å²) < 4.78 is 2.84. The topological polar surface area (TPSA) is 62.7 Å². The Morgan fingerprint density at radius 1 is 1.61 bits per heavy atom. The van der Waals surface area contributed by atoms with E-state index in [9.17, 15) is 4.79 Å². The number of amides is 1. The summed E-state index contributed by atoms with van der Waals surface area (Å²) >= 11 is 3.39. The molecule has 0 aliphatic heterocycles. The lowest BCUT2D eigenvalue weighted by Crippen LogP contribution is -2.26. The maximum absolute atomic E-state index is 12.1. The molecule has 2 aromatic rings. The molecule has 2 N–H and O–H groups in total. The van der Waals surface area contributed by atoms with Gasteiger partial charge in [0, 0.05) is 22.9 Å². The molecule has 18 heavy (non-hydrogen) atoms. The van der Waals surface area contributed by atoms with Crippen molar-refractivity contribution in [3.63, 3.8) is 0 Å². The van der Waals surface area contributed by atoms with Gasteiger partial charge in [-0.3, -0.25) is 9.89 Å². The Morgan fingerprint density at radius 3 is 3.00 bits per heavy atom. The zero-order valence-corrected chi connectivity index (χ0v) is 11.9. The molecular formula is C12H15BrN4O. The predicted molar refractivity (Wildman–Crippen MR) is 72.3 cm³/mol. The molecule has 0 aromatic carbocycles. The summed E-state index contributed by atoms with van der Waals surface area (Å²) in [5.74, 6) is -0.0935. The highest BCUT2D eigenvalue weighted by Gasteiger charge is 2.14. The molecule has 0 saturated heterocycles. The van der Waals surface area contributed by atoms with E-state index in [2.05, 4.69) is 31.4 Å². The fourth-order valence-electron chi connectivity index (χ4n) is 1.70. The quantitative estimate of drug-likeness (QED) is 0.911. The maximum atomic E-state index is 12.1. The number of nitrogens with one attached hydrogen (secondary N) is 2. The number of H-pyrrole nitrogens is 1. The average molecular weight is 311 g/mol. The van der Waals surface area contributed by atoms with Gasteiger partial charge in [0.15, 0.2) is 0 Å². The highest BCUT2D eigenvalue weighted by atomic mass is 79.9. The van der Waals surface area contributed by atoms with Gasteiger partial charge in [0.2, 0.25) is 0 Å². The maximum Gasteiger partial charge on any atom is 0.268 e. The van der Waals surface area contributed by atoms with Crippen LogP contribution in [0.2, 0.25) is 0 Å². The molecule has 0 radical (unpaired) electrons. The van der Waals surface area contributed by atoms with E-state index in [1.165, 1.54) is 0 Å². The minimum absolute atomic E-state index is 0.0935. The van der Waals surface area contributed by atoms with Gasteiger partial charge in [-0.15, -0.1) is 0 Å². The Balaban J connectivity index is 2.09. The summed E-state index contributed by atoms with van der Waals surface area (Å²) in [5.41, 5.74) is 1.53. The first-order valence-electron chi connectivity index (χ1n) is 5.71. The Morgan fingerprint density at radius 2 is 2.39 bits per heavy atom. The Kier molecular flexibility index (Phi) is 3.86. The van der Waals surface area contributed by atoms with Crippen molar-refractivity contribution < 1.29 is 4.79 Å². The lowest BCUT2D eigenvalue weighted by atomic mass is 10.3. The Hall–Kier alpha value is -1.56. The minimum Gasteiger partial charge on any atom is -0.345 e. The first kappa shape index (κ1) is 12.9. The third kappa shape index (κ3) is 2.81. The van der Waals surface area contributed by atoms with E-state index >= 15 is 0 Å². The summed E-state index contributed by atoms with van der Waals surface area (Å²) in [5, 5.41) is 9.50. The molecule has 0 bridgehead atoms. The van der Waals surface area contributed by atoms with Crippen LogP contribution in [0.4, 0.5) is 0 Å². The van der Waals surface area contributed by atoms with E-state index in [-0.39, 0.29) is 11.9 Å². The van der Waals surface area contributed by atoms with Gasteiger partial charge in [0.05, 0.1) is 12.2 Å². The molecule has 0 fully saturated rings. The van der Waals surface area contributed by atoms with Crippen LogP contribution in [0.1, 0.15) is 36.1 Å². The van der Waals surface area contributed by atoms with Crippen molar-refractivity contribution >= 4 is 21.8 Å². The SMILES string of the molecule is CC(C)n1cc(Br)cc1C(=O)NCc1ccn[nH]1. The van der Waals surface area contributed by atoms with E-state index in [0.717, 1.165) is 10.2 Å². The molecule has 6 heteroatoms. The lowest BCUT2D eigenvalue weighted by Gasteiger charge is -2.12. The molecule has 0 aliphatic carbocycles. The number of hydrogen-bond donors (Lipinski definition) is 2. The number of halogens is 1. The van der Waals surface area contributed by atoms with Gasteiger partial charge >= 0.3 is 0 Å². The number of aromatic nitrogens is 3. The van der Waals surface area contributed by atoms with Gasteiger partial charge in [-0.1, -0.05) is 0 Å². The van der Waals surface area contributed by atoms with Crippen LogP contribution in [-0.2, 0) is 6.54 Å². The van der Waals surface area contributed by atoms with Gasteiger partial charge < -0.3 is 9.88 Å². The van der Waals surface area contributed by atoms with Crippen molar-refractivity contribution in [1.82, 2.24) is 20.1 Å². The summed E-state index contributed by atoms with van der Waals surface area (Å²) in [6, 6.07) is 3.89. The number of rotatable bonds is 4. The van der Waals surface area contributed by atoms with Gasteiger partial charge in [-0.25, -0.2) is 0 Å². The fourth-order valence-corrected chi connectivity index (χ4v) is 2.14. The highest BCUT2D eigenvalue weighted by molar-refractivity contribution is 9.10. The zero-order chi connectivity index (χ0) is 13.1. The summed E-state index contributed by atoms with van der Waals surface area (Å²) in [7, 11) is 0. The summed E-state index contributed by atoms with van der Waals surface area (Å²) in [4.78, 5) is 12.1. The normalized spacial score (nSPS) is 10.9. The van der Waals surface area contributed by atoms with E-state index in [1.54, 1.807) is 6.20 Å². The van der Waals surface area contributed by atoms with Crippen LogP contribution in [0.5, 0.6) is 0 Å². The summed E-state index contributed by atoms with van der Waals surface area (Å²) in [6.45, 7) is 4.52. The molecule has 0 atom stereocenters. The third-order valence-electron chi connectivity index (χ3n) is 2.60. The summed E-state index contributed by atoms with van der Waals surface area (Å²) in [6.07, 6.45) is 3.57. The van der Waals surface area contributed by atoms with Crippen LogP contribution in [0.3, 0.4) is 0 Å². The molecule has 0 spiro atoms. The molecule has 2 heterocycles. The first-order chi connectivity index (χ1) is 8.58. The van der Waals surface area contributed by atoms with E-state index < -0.39 is 0 Å². The van der Waals surface area contributed by atoms with E-state index in [0.29, 0.717) is 12.2 Å². The minimum atomic E-state index is -0.0935. The van der Waals surface area contributed by atoms with Crippen LogP contribution in [0.25, 0.3) is 0 Å². The van der Waals surface area contributed by atoms with Crippen LogP contribution in [0, 0.1) is 0 Å². The van der Waals surface area contributed by atoms with Gasteiger partial charge in [-0.05, 0) is 41.9 Å². The van der Waals surface area contributed by atoms with Gasteiger partial charge in [0.25, 0.3) is 5.91 Å². The predicted octanol–water partition coefficient (Wildman–Crippen LogP) is 2.48. The molecule has 96 valence electrons. The molecular weight excluding hydrogens is 296 g/mol. The van der Waals surface area contributed by atoms with Crippen molar-refractivity contribution in [2.45, 2.75) is 26.4 Å². The van der Waals surface area contributed by atoms with Crippen molar-refractivity contribution in [2.75, 3.05) is 0 Å². The molecule has 0 saturated carbocycles. The van der Waals surface area contributed by atoms with Gasteiger partial charge in [-0.2, -0.15) is 5.10 Å². The van der Waals surface area contributed by atoms with Crippen LogP contribution in [0.15, 0.2) is 29.0 Å². The number of hydrogen-bond acceptors (Lipinski definition) is 2. The zero-order valence-electron chi connectivity index (χ0n) is 10.3. The number of carbonyl (C=O) groups is 1.